The molecule has 1 atom stereocenters. The average Bonchev–Trinajstić information content (AvgIpc) is 2.84. The van der Waals surface area contributed by atoms with Crippen molar-refractivity contribution in [2.75, 3.05) is 19.8 Å². The van der Waals surface area contributed by atoms with Crippen LogP contribution in [0.4, 0.5) is 0 Å². The van der Waals surface area contributed by atoms with Gasteiger partial charge in [-0.15, -0.1) is 0 Å². The number of carbonyl (C=O) groups is 2. The predicted octanol–water partition coefficient (Wildman–Crippen LogP) is 5.42. The Bertz CT molecular complexity index is 970. The first-order valence-corrected chi connectivity index (χ1v) is 12.7. The molecule has 3 aromatic rings. The highest BCUT2D eigenvalue weighted by molar-refractivity contribution is 9.10. The van der Waals surface area contributed by atoms with Crippen molar-refractivity contribution in [3.05, 3.63) is 84.9 Å². The van der Waals surface area contributed by atoms with E-state index < -0.39 is 5.97 Å². The second-order valence-corrected chi connectivity index (χ2v) is 10.4. The van der Waals surface area contributed by atoms with Gasteiger partial charge in [0.05, 0.1) is 23.9 Å². The Morgan fingerprint density at radius 3 is 1.82 bits per heavy atom. The first-order chi connectivity index (χ1) is 16.0. The van der Waals surface area contributed by atoms with Crippen molar-refractivity contribution in [2.24, 2.45) is 0 Å². The van der Waals surface area contributed by atoms with Crippen molar-refractivity contribution in [1.29, 1.82) is 0 Å². The molecule has 33 heavy (non-hydrogen) atoms. The van der Waals surface area contributed by atoms with Crippen LogP contribution in [0.5, 0.6) is 5.75 Å². The van der Waals surface area contributed by atoms with Gasteiger partial charge in [0.25, 0.3) is 0 Å². The number of esters is 2. The fraction of sp³-hybridized carbons (Fsp3) is 0.231. The molecule has 0 saturated heterocycles. The summed E-state index contributed by atoms with van der Waals surface area (Å²) in [6, 6.07) is 28.8. The van der Waals surface area contributed by atoms with Crippen LogP contribution in [0.3, 0.4) is 0 Å². The molecule has 0 saturated carbocycles. The monoisotopic (exact) mass is 529 g/mol. The fourth-order valence-corrected chi connectivity index (χ4v) is 5.15. The van der Waals surface area contributed by atoms with Crippen molar-refractivity contribution in [3.8, 4) is 5.75 Å². The van der Waals surface area contributed by atoms with Gasteiger partial charge in [0.2, 0.25) is 0 Å². The standard InChI is InChI=1S/C26H26BrO5S/c1-20(27)26(29)32-19-18-31-25(28)16-17-30-21-12-14-24(15-13-21)33(22-8-4-2-5-9-22)23-10-6-3-7-11-23/h2-15,20H,16-19H2,1H3/q+1. The Labute approximate surface area is 205 Å². The summed E-state index contributed by atoms with van der Waals surface area (Å²) in [6.07, 6.45) is 0.114. The van der Waals surface area contributed by atoms with Crippen molar-refractivity contribution in [2.45, 2.75) is 32.9 Å². The smallest absolute Gasteiger partial charge is 0.319 e. The van der Waals surface area contributed by atoms with Crippen LogP contribution in [0.15, 0.2) is 99.6 Å². The lowest BCUT2D eigenvalue weighted by atomic mass is 10.3. The van der Waals surface area contributed by atoms with Gasteiger partial charge in [-0.1, -0.05) is 52.3 Å². The van der Waals surface area contributed by atoms with Crippen LogP contribution in [-0.2, 0) is 30.0 Å². The van der Waals surface area contributed by atoms with Gasteiger partial charge >= 0.3 is 11.9 Å². The van der Waals surface area contributed by atoms with Gasteiger partial charge in [-0.05, 0) is 55.5 Å². The molecular formula is C26H26BrO5S+. The van der Waals surface area contributed by atoms with Crippen LogP contribution in [-0.4, -0.2) is 36.6 Å². The largest absolute Gasteiger partial charge is 0.493 e. The van der Waals surface area contributed by atoms with Crippen LogP contribution in [0.25, 0.3) is 0 Å². The maximum atomic E-state index is 11.8. The molecule has 0 fully saturated rings. The second kappa shape index (κ2) is 13.1. The van der Waals surface area contributed by atoms with Gasteiger partial charge in [0, 0.05) is 0 Å². The van der Waals surface area contributed by atoms with E-state index in [9.17, 15) is 9.59 Å². The summed E-state index contributed by atoms with van der Waals surface area (Å²) >= 11 is 3.11. The van der Waals surface area contributed by atoms with E-state index >= 15 is 0 Å². The number of alkyl halides is 1. The Kier molecular flexibility index (Phi) is 9.84. The number of carbonyl (C=O) groups excluding carboxylic acids is 2. The summed E-state index contributed by atoms with van der Waals surface area (Å²) in [5.74, 6) is -0.0964. The number of ether oxygens (including phenoxy) is 3. The molecule has 0 bridgehead atoms. The number of hydrogen-bond donors (Lipinski definition) is 0. The van der Waals surface area contributed by atoms with Gasteiger partial charge in [-0.2, -0.15) is 0 Å². The Morgan fingerprint density at radius 1 is 0.758 bits per heavy atom. The lowest BCUT2D eigenvalue weighted by Crippen LogP contribution is -2.19. The van der Waals surface area contributed by atoms with Crippen molar-refractivity contribution >= 4 is 38.8 Å². The molecule has 0 N–H and O–H groups in total. The third kappa shape index (κ3) is 7.94. The van der Waals surface area contributed by atoms with E-state index in [0.717, 1.165) is 0 Å². The number of hydrogen-bond acceptors (Lipinski definition) is 5. The quantitative estimate of drug-likeness (QED) is 0.143. The molecule has 172 valence electrons. The zero-order chi connectivity index (χ0) is 23.5. The van der Waals surface area contributed by atoms with Crippen LogP contribution in [0.1, 0.15) is 13.3 Å². The Hall–Kier alpha value is -2.77. The van der Waals surface area contributed by atoms with Gasteiger partial charge in [-0.25, -0.2) is 0 Å². The van der Waals surface area contributed by atoms with E-state index in [0.29, 0.717) is 5.75 Å². The number of benzene rings is 3. The van der Waals surface area contributed by atoms with Crippen molar-refractivity contribution in [3.63, 3.8) is 0 Å². The minimum atomic E-state index is -0.399. The zero-order valence-corrected chi connectivity index (χ0v) is 20.7. The van der Waals surface area contributed by atoms with Crippen LogP contribution >= 0.6 is 15.9 Å². The minimum absolute atomic E-state index is 0.0281. The minimum Gasteiger partial charge on any atom is -0.493 e. The third-order valence-electron chi connectivity index (χ3n) is 4.51. The molecular weight excluding hydrogens is 504 g/mol. The Morgan fingerprint density at radius 2 is 1.27 bits per heavy atom. The lowest BCUT2D eigenvalue weighted by Gasteiger charge is -2.10. The normalized spacial score (nSPS) is 11.6. The Balaban J connectivity index is 1.51. The molecule has 0 aliphatic carbocycles. The van der Waals surface area contributed by atoms with Crippen LogP contribution in [0.2, 0.25) is 0 Å². The summed E-state index contributed by atoms with van der Waals surface area (Å²) in [5.41, 5.74) is 0. The maximum absolute atomic E-state index is 11.8. The van der Waals surface area contributed by atoms with Crippen molar-refractivity contribution < 1.29 is 23.8 Å². The van der Waals surface area contributed by atoms with Crippen LogP contribution in [0, 0.1) is 0 Å². The highest BCUT2D eigenvalue weighted by Crippen LogP contribution is 2.31. The molecule has 5 nitrogen and oxygen atoms in total. The fourth-order valence-electron chi connectivity index (χ4n) is 2.93. The second-order valence-electron chi connectivity index (χ2n) is 7.01. The van der Waals surface area contributed by atoms with Gasteiger partial charge in [0.15, 0.2) is 14.7 Å². The molecule has 0 radical (unpaired) electrons. The molecule has 0 aliphatic rings. The van der Waals surface area contributed by atoms with Gasteiger partial charge in [0.1, 0.15) is 23.8 Å². The molecule has 0 aromatic heterocycles. The highest BCUT2D eigenvalue weighted by Gasteiger charge is 2.28. The molecule has 0 amide bonds. The summed E-state index contributed by atoms with van der Waals surface area (Å²) in [6.45, 7) is 1.94. The van der Waals surface area contributed by atoms with E-state index in [-0.39, 0.29) is 47.9 Å². The lowest BCUT2D eigenvalue weighted by molar-refractivity contribution is -0.152. The molecule has 0 spiro atoms. The van der Waals surface area contributed by atoms with Crippen LogP contribution < -0.4 is 4.74 Å². The predicted molar refractivity (Wildman–Crippen MR) is 132 cm³/mol. The first-order valence-electron chi connectivity index (χ1n) is 10.6. The van der Waals surface area contributed by atoms with E-state index in [2.05, 4.69) is 76.6 Å². The van der Waals surface area contributed by atoms with Gasteiger partial charge in [-0.3, -0.25) is 9.59 Å². The molecule has 0 aliphatic heterocycles. The molecule has 1 unspecified atom stereocenters. The van der Waals surface area contributed by atoms with E-state index in [1.54, 1.807) is 6.92 Å². The summed E-state index contributed by atoms with van der Waals surface area (Å²) < 4.78 is 15.7. The SMILES string of the molecule is CC(Br)C(=O)OCCOC(=O)CCOc1ccc([S+](c2ccccc2)c2ccccc2)cc1. The zero-order valence-electron chi connectivity index (χ0n) is 18.3. The molecule has 7 heteroatoms. The van der Waals surface area contributed by atoms with E-state index in [1.165, 1.54) is 14.7 Å². The molecule has 3 aromatic carbocycles. The van der Waals surface area contributed by atoms with E-state index in [4.69, 9.17) is 14.2 Å². The number of rotatable bonds is 11. The first kappa shape index (κ1) is 24.9. The van der Waals surface area contributed by atoms with E-state index in [1.807, 2.05) is 24.3 Å². The topological polar surface area (TPSA) is 61.8 Å². The highest BCUT2D eigenvalue weighted by atomic mass is 79.9. The number of halogens is 1. The molecule has 3 rings (SSSR count). The summed E-state index contributed by atoms with van der Waals surface area (Å²) in [7, 11) is -0.216. The third-order valence-corrected chi connectivity index (χ3v) is 7.11. The van der Waals surface area contributed by atoms with Gasteiger partial charge < -0.3 is 14.2 Å². The average molecular weight is 530 g/mol. The summed E-state index contributed by atoms with van der Waals surface area (Å²) in [4.78, 5) is 26.4. The van der Waals surface area contributed by atoms with Crippen molar-refractivity contribution in [1.82, 2.24) is 0 Å². The maximum Gasteiger partial charge on any atom is 0.319 e. The summed E-state index contributed by atoms with van der Waals surface area (Å²) in [5, 5.41) is 0. The molecule has 0 heterocycles.